The zero-order valence-corrected chi connectivity index (χ0v) is 39.8. The predicted molar refractivity (Wildman–Crippen MR) is 255 cm³/mol. The molecule has 1 aromatic heterocycles. The molecular formula is C47H58F2N12O6S. The standard InChI is InChI=1S/C45H52F2N12O6S.C2H6/c1-4-54(2)66-53-35-8-6-32(46)40(31(35)24-48)65-28-5-7-34-29(19-28)42(62)59(26-49-34)27-22-44(50-25-27)10-15-57(16-11-44)39(61)23-45(64)12-17-56(18-13-45)37-21-36-30(20-33(37)47)41(52-55(36)3)58-14-9-38(60)51-43(58)63;1-2/h5-8,19-21,27,49-50,53,64H,4,9-18,22-23,25-26H2,1-3H3,(H,51,60,63);1-2H3. The summed E-state index contributed by atoms with van der Waals surface area (Å²) < 4.78 is 43.4. The maximum atomic E-state index is 15.7. The largest absolute Gasteiger partial charge is 0.453 e. The third-order valence-electron chi connectivity index (χ3n) is 13.7. The Morgan fingerprint density at radius 1 is 1.04 bits per heavy atom. The maximum absolute atomic E-state index is 15.7. The Labute approximate surface area is 398 Å². The molecule has 0 radical (unpaired) electrons. The number of nitrogens with zero attached hydrogens (tertiary/aromatic N) is 8. The fourth-order valence-electron chi connectivity index (χ4n) is 9.68. The summed E-state index contributed by atoms with van der Waals surface area (Å²) in [6, 6.07) is 12.0. The van der Waals surface area contributed by atoms with Crippen molar-refractivity contribution in [2.24, 2.45) is 7.05 Å². The van der Waals surface area contributed by atoms with Gasteiger partial charge in [-0.25, -0.2) is 17.9 Å². The highest BCUT2D eigenvalue weighted by atomic mass is 32.2. The number of rotatable bonds is 11. The SMILES string of the molecule is CC.CCN(C)SNc1ccc(F)c(Oc2ccc3c(c2)C(=O)N(C2CNC4(CCN(C(=O)CC5(O)CCN(c6cc7c(cc6F)c(N6CCC(=O)NC6=O)nn7C)CC5)CC4)C2)CN3)c1C#N. The molecule has 21 heteroatoms. The highest BCUT2D eigenvalue weighted by Crippen LogP contribution is 2.40. The van der Waals surface area contributed by atoms with E-state index in [0.29, 0.717) is 92.2 Å². The molecule has 4 saturated heterocycles. The molecular weight excluding hydrogens is 899 g/mol. The summed E-state index contributed by atoms with van der Waals surface area (Å²) in [5.41, 5.74) is 0.810. The van der Waals surface area contributed by atoms with Gasteiger partial charge in [-0.2, -0.15) is 10.4 Å². The lowest BCUT2D eigenvalue weighted by atomic mass is 9.83. The molecule has 9 rings (SSSR count). The minimum Gasteiger partial charge on any atom is -0.453 e. The van der Waals surface area contributed by atoms with E-state index in [1.165, 1.54) is 35.2 Å². The summed E-state index contributed by atoms with van der Waals surface area (Å²) in [6.45, 7) is 9.37. The molecule has 0 saturated carbocycles. The first-order valence-corrected chi connectivity index (χ1v) is 24.0. The van der Waals surface area contributed by atoms with Crippen LogP contribution in [0.5, 0.6) is 11.5 Å². The van der Waals surface area contributed by atoms with E-state index >= 15 is 8.78 Å². The summed E-state index contributed by atoms with van der Waals surface area (Å²) in [5, 5.41) is 35.8. The number of piperidine rings is 2. The van der Waals surface area contributed by atoms with Crippen LogP contribution in [0.3, 0.4) is 0 Å². The van der Waals surface area contributed by atoms with Crippen LogP contribution in [-0.4, -0.2) is 129 Å². The predicted octanol–water partition coefficient (Wildman–Crippen LogP) is 5.88. The second kappa shape index (κ2) is 19.8. The lowest BCUT2D eigenvalue weighted by Gasteiger charge is -2.43. The number of carbonyl (C=O) groups excluding carboxylic acids is 4. The molecule has 5 aliphatic rings. The zero-order valence-electron chi connectivity index (χ0n) is 39.0. The molecule has 0 bridgehead atoms. The summed E-state index contributed by atoms with van der Waals surface area (Å²) in [6.07, 6.45) is 2.65. The number of aliphatic hydroxyl groups is 1. The van der Waals surface area contributed by atoms with Crippen LogP contribution in [0.15, 0.2) is 42.5 Å². The summed E-state index contributed by atoms with van der Waals surface area (Å²) in [4.78, 5) is 58.7. The van der Waals surface area contributed by atoms with Gasteiger partial charge in [0.2, 0.25) is 11.8 Å². The van der Waals surface area contributed by atoms with Crippen LogP contribution in [-0.2, 0) is 16.6 Å². The van der Waals surface area contributed by atoms with Gasteiger partial charge in [0.15, 0.2) is 17.4 Å². The number of hydrogen-bond acceptors (Lipinski definition) is 14. The Kier molecular flexibility index (Phi) is 14.0. The molecule has 6 heterocycles. The average Bonchev–Trinajstić information content (AvgIpc) is 3.89. The quantitative estimate of drug-likeness (QED) is 0.112. The molecule has 3 aromatic carbocycles. The second-order valence-corrected chi connectivity index (χ2v) is 18.8. The molecule has 5 amide bonds. The van der Waals surface area contributed by atoms with E-state index in [1.807, 2.05) is 43.1 Å². The summed E-state index contributed by atoms with van der Waals surface area (Å²) in [7, 11) is 3.58. The molecule has 1 atom stereocenters. The number of fused-ring (bicyclic) bond motifs is 2. The molecule has 5 aliphatic heterocycles. The number of ether oxygens (including phenoxy) is 1. The van der Waals surface area contributed by atoms with Crippen molar-refractivity contribution in [3.05, 3.63) is 65.2 Å². The molecule has 0 aliphatic carbocycles. The number of nitriles is 1. The number of aryl methyl sites for hydroxylation is 1. The lowest BCUT2D eigenvalue weighted by Crippen LogP contribution is -2.53. The molecule has 68 heavy (non-hydrogen) atoms. The number of carbonyl (C=O) groups is 4. The van der Waals surface area contributed by atoms with Crippen LogP contribution >= 0.6 is 12.1 Å². The molecule has 1 spiro atoms. The molecule has 4 fully saturated rings. The van der Waals surface area contributed by atoms with E-state index in [0.717, 1.165) is 6.54 Å². The number of anilines is 4. The Morgan fingerprint density at radius 3 is 2.50 bits per heavy atom. The molecule has 362 valence electrons. The van der Waals surface area contributed by atoms with Crippen molar-refractivity contribution in [2.75, 3.05) is 79.4 Å². The fourth-order valence-corrected chi connectivity index (χ4v) is 10.2. The number of aromatic nitrogens is 2. The Balaban J connectivity index is 0.00000308. The highest BCUT2D eigenvalue weighted by molar-refractivity contribution is 7.98. The maximum Gasteiger partial charge on any atom is 0.329 e. The van der Waals surface area contributed by atoms with Crippen molar-refractivity contribution < 1.29 is 37.8 Å². The van der Waals surface area contributed by atoms with E-state index < -0.39 is 23.3 Å². The number of nitrogens with one attached hydrogen (secondary N) is 4. The average molecular weight is 957 g/mol. The van der Waals surface area contributed by atoms with Gasteiger partial charge in [0.1, 0.15) is 23.2 Å². The number of imide groups is 1. The van der Waals surface area contributed by atoms with Gasteiger partial charge in [-0.15, -0.1) is 0 Å². The van der Waals surface area contributed by atoms with Crippen LogP contribution in [0.4, 0.5) is 36.5 Å². The molecule has 18 nitrogen and oxygen atoms in total. The summed E-state index contributed by atoms with van der Waals surface area (Å²) in [5.74, 6) is -1.68. The number of urea groups is 1. The minimum absolute atomic E-state index is 0.00145. The third-order valence-corrected chi connectivity index (χ3v) is 14.6. The van der Waals surface area contributed by atoms with Crippen molar-refractivity contribution in [1.29, 1.82) is 5.26 Å². The number of benzene rings is 3. The zero-order chi connectivity index (χ0) is 48.5. The van der Waals surface area contributed by atoms with Gasteiger partial charge in [-0.1, -0.05) is 20.8 Å². The number of amides is 5. The van der Waals surface area contributed by atoms with Crippen molar-refractivity contribution in [2.45, 2.75) is 82.9 Å². The number of halogens is 2. The minimum atomic E-state index is -1.25. The van der Waals surface area contributed by atoms with Gasteiger partial charge in [-0.05, 0) is 81.6 Å². The Bertz CT molecular complexity index is 2640. The highest BCUT2D eigenvalue weighted by Gasteiger charge is 2.46. The molecule has 1 unspecified atom stereocenters. The lowest BCUT2D eigenvalue weighted by molar-refractivity contribution is -0.139. The second-order valence-electron chi connectivity index (χ2n) is 17.8. The topological polar surface area (TPSA) is 204 Å². The first-order valence-electron chi connectivity index (χ1n) is 23.2. The van der Waals surface area contributed by atoms with Crippen LogP contribution in [0.25, 0.3) is 10.9 Å². The first-order chi connectivity index (χ1) is 32.7. The van der Waals surface area contributed by atoms with Crippen LogP contribution in [0, 0.1) is 23.0 Å². The van der Waals surface area contributed by atoms with Gasteiger partial charge in [0.25, 0.3) is 5.91 Å². The smallest absolute Gasteiger partial charge is 0.329 e. The Morgan fingerprint density at radius 2 is 1.79 bits per heavy atom. The number of likely N-dealkylation sites (tertiary alicyclic amines) is 1. The van der Waals surface area contributed by atoms with E-state index in [9.17, 15) is 29.5 Å². The van der Waals surface area contributed by atoms with Gasteiger partial charge in [-0.3, -0.25) is 29.3 Å². The van der Waals surface area contributed by atoms with Crippen molar-refractivity contribution >= 4 is 69.7 Å². The van der Waals surface area contributed by atoms with E-state index in [2.05, 4.69) is 25.8 Å². The monoisotopic (exact) mass is 956 g/mol. The van der Waals surface area contributed by atoms with Gasteiger partial charge in [0.05, 0.1) is 41.1 Å². The Hall–Kier alpha value is -6.21. The van der Waals surface area contributed by atoms with Crippen LogP contribution in [0.1, 0.15) is 81.6 Å². The van der Waals surface area contributed by atoms with Crippen molar-refractivity contribution in [1.82, 2.24) is 34.5 Å². The normalized spacial score (nSPS) is 19.9. The van der Waals surface area contributed by atoms with Crippen molar-refractivity contribution in [3.8, 4) is 17.6 Å². The van der Waals surface area contributed by atoms with Crippen molar-refractivity contribution in [3.63, 3.8) is 0 Å². The van der Waals surface area contributed by atoms with Crippen LogP contribution in [0.2, 0.25) is 0 Å². The number of hydrogen-bond donors (Lipinski definition) is 5. The van der Waals surface area contributed by atoms with E-state index in [4.69, 9.17) is 4.74 Å². The third kappa shape index (κ3) is 9.59. The van der Waals surface area contributed by atoms with E-state index in [-0.39, 0.29) is 84.4 Å². The molecule has 5 N–H and O–H groups in total. The fraction of sp³-hybridized carbons (Fsp3) is 0.489. The molecule has 4 aromatic rings. The van der Waals surface area contributed by atoms with E-state index in [1.54, 1.807) is 45.8 Å². The van der Waals surface area contributed by atoms with Gasteiger partial charge >= 0.3 is 6.03 Å². The van der Waals surface area contributed by atoms with Gasteiger partial charge < -0.3 is 39.9 Å². The van der Waals surface area contributed by atoms with Crippen LogP contribution < -0.4 is 35.2 Å². The first kappa shape index (κ1) is 48.3. The van der Waals surface area contributed by atoms with Gasteiger partial charge in [0, 0.05) is 94.1 Å². The summed E-state index contributed by atoms with van der Waals surface area (Å²) >= 11 is 1.27.